The van der Waals surface area contributed by atoms with Crippen LogP contribution < -0.4 is 5.32 Å². The third kappa shape index (κ3) is 4.97. The van der Waals surface area contributed by atoms with Gasteiger partial charge in [0.2, 0.25) is 0 Å². The van der Waals surface area contributed by atoms with E-state index in [0.29, 0.717) is 49.7 Å². The summed E-state index contributed by atoms with van der Waals surface area (Å²) in [6, 6.07) is 9.40. The van der Waals surface area contributed by atoms with Crippen molar-refractivity contribution in [2.24, 2.45) is 11.8 Å². The molecule has 2 aliphatic carbocycles. The standard InChI is InChI=1S/C27H39F2N3O2/c1-18(2)31-12-10-23(17-31)34-24-9-6-11-27(28,29)25(24)30-26(33)32-15-21-13-20(14-22(21)16-32)19-7-4-3-5-8-19/h3-5,7-8,18,20-25H,6,9-17H2,1-2H3,(H,30,33)/t20-,21-,22+,23-,24-,25+/m0/s1. The van der Waals surface area contributed by atoms with E-state index in [0.717, 1.165) is 32.4 Å². The van der Waals surface area contributed by atoms with Crippen molar-refractivity contribution in [2.45, 2.75) is 88.5 Å². The molecular formula is C27H39F2N3O2. The molecule has 6 atom stereocenters. The van der Waals surface area contributed by atoms with E-state index in [1.807, 2.05) is 6.07 Å². The largest absolute Gasteiger partial charge is 0.371 e. The van der Waals surface area contributed by atoms with E-state index in [2.05, 4.69) is 48.3 Å². The van der Waals surface area contributed by atoms with Gasteiger partial charge in [0, 0.05) is 38.6 Å². The van der Waals surface area contributed by atoms with E-state index in [1.165, 1.54) is 5.56 Å². The van der Waals surface area contributed by atoms with Gasteiger partial charge in [0.1, 0.15) is 6.04 Å². The predicted octanol–water partition coefficient (Wildman–Crippen LogP) is 4.88. The molecular weight excluding hydrogens is 436 g/mol. The van der Waals surface area contributed by atoms with Crippen LogP contribution in [0.2, 0.25) is 0 Å². The fourth-order valence-electron chi connectivity index (χ4n) is 6.75. The summed E-state index contributed by atoms with van der Waals surface area (Å²) in [5.74, 6) is -1.49. The molecule has 4 aliphatic rings. The second-order valence-electron chi connectivity index (χ2n) is 11.3. The number of hydrogen-bond donors (Lipinski definition) is 1. The van der Waals surface area contributed by atoms with Gasteiger partial charge in [0.25, 0.3) is 5.92 Å². The number of likely N-dealkylation sites (tertiary alicyclic amines) is 2. The number of nitrogens with one attached hydrogen (secondary N) is 1. The Morgan fingerprint density at radius 3 is 2.44 bits per heavy atom. The number of ether oxygens (including phenoxy) is 1. The number of rotatable bonds is 5. The van der Waals surface area contributed by atoms with Crippen LogP contribution in [0, 0.1) is 11.8 Å². The van der Waals surface area contributed by atoms with Crippen molar-refractivity contribution in [3.8, 4) is 0 Å². The zero-order valence-electron chi connectivity index (χ0n) is 20.5. The molecule has 5 rings (SSSR count). The summed E-state index contributed by atoms with van der Waals surface area (Å²) in [7, 11) is 0. The molecule has 0 unspecified atom stereocenters. The van der Waals surface area contributed by atoms with Crippen LogP contribution in [0.1, 0.15) is 63.9 Å². The number of halogens is 2. The zero-order valence-corrected chi connectivity index (χ0v) is 20.5. The molecule has 0 radical (unpaired) electrons. The molecule has 1 N–H and O–H groups in total. The predicted molar refractivity (Wildman–Crippen MR) is 128 cm³/mol. The molecule has 34 heavy (non-hydrogen) atoms. The normalized spacial score (nSPS) is 35.6. The highest BCUT2D eigenvalue weighted by molar-refractivity contribution is 5.75. The van der Waals surface area contributed by atoms with Gasteiger partial charge in [-0.3, -0.25) is 4.90 Å². The van der Waals surface area contributed by atoms with Gasteiger partial charge in [-0.25, -0.2) is 13.6 Å². The van der Waals surface area contributed by atoms with Crippen molar-refractivity contribution in [2.75, 3.05) is 26.2 Å². The average Bonchev–Trinajstić information content (AvgIpc) is 3.51. The molecule has 2 saturated carbocycles. The molecule has 7 heteroatoms. The van der Waals surface area contributed by atoms with Gasteiger partial charge in [-0.2, -0.15) is 0 Å². The topological polar surface area (TPSA) is 44.8 Å². The van der Waals surface area contributed by atoms with Crippen LogP contribution in [0.3, 0.4) is 0 Å². The molecule has 2 saturated heterocycles. The molecule has 188 valence electrons. The highest BCUT2D eigenvalue weighted by atomic mass is 19.3. The lowest BCUT2D eigenvalue weighted by molar-refractivity contribution is -0.138. The summed E-state index contributed by atoms with van der Waals surface area (Å²) in [5.41, 5.74) is 1.37. The number of benzene rings is 1. The van der Waals surface area contributed by atoms with Crippen LogP contribution in [-0.4, -0.2) is 72.2 Å². The minimum Gasteiger partial charge on any atom is -0.371 e. The number of fused-ring (bicyclic) bond motifs is 1. The van der Waals surface area contributed by atoms with E-state index < -0.39 is 18.1 Å². The van der Waals surface area contributed by atoms with Gasteiger partial charge in [-0.05, 0) is 69.3 Å². The van der Waals surface area contributed by atoms with Crippen molar-refractivity contribution in [1.29, 1.82) is 0 Å². The maximum Gasteiger partial charge on any atom is 0.317 e. The van der Waals surface area contributed by atoms with Gasteiger partial charge in [0.05, 0.1) is 12.2 Å². The Morgan fingerprint density at radius 1 is 1.09 bits per heavy atom. The van der Waals surface area contributed by atoms with E-state index in [1.54, 1.807) is 4.90 Å². The fraction of sp³-hybridized carbons (Fsp3) is 0.741. The van der Waals surface area contributed by atoms with E-state index >= 15 is 0 Å². The van der Waals surface area contributed by atoms with Crippen molar-refractivity contribution < 1.29 is 18.3 Å². The second-order valence-corrected chi connectivity index (χ2v) is 11.3. The lowest BCUT2D eigenvalue weighted by atomic mass is 9.88. The van der Waals surface area contributed by atoms with Crippen LogP contribution in [0.25, 0.3) is 0 Å². The quantitative estimate of drug-likeness (QED) is 0.660. The number of alkyl halides is 2. The molecule has 1 aromatic rings. The molecule has 2 heterocycles. The Balaban J connectivity index is 1.18. The Morgan fingerprint density at radius 2 is 1.79 bits per heavy atom. The monoisotopic (exact) mass is 475 g/mol. The zero-order chi connectivity index (χ0) is 23.9. The smallest absolute Gasteiger partial charge is 0.317 e. The first-order valence-electron chi connectivity index (χ1n) is 13.2. The first-order chi connectivity index (χ1) is 16.3. The number of carbonyl (C=O) groups is 1. The maximum absolute atomic E-state index is 15.0. The fourth-order valence-corrected chi connectivity index (χ4v) is 6.75. The van der Waals surface area contributed by atoms with Crippen LogP contribution >= 0.6 is 0 Å². The molecule has 2 amide bonds. The molecule has 0 spiro atoms. The number of urea groups is 1. The van der Waals surface area contributed by atoms with Gasteiger partial charge in [-0.15, -0.1) is 0 Å². The molecule has 0 bridgehead atoms. The minimum absolute atomic E-state index is 0.0400. The van der Waals surface area contributed by atoms with E-state index in [9.17, 15) is 13.6 Å². The lowest BCUT2D eigenvalue weighted by Gasteiger charge is -2.40. The number of hydrogen-bond acceptors (Lipinski definition) is 3. The molecule has 4 fully saturated rings. The number of nitrogens with zero attached hydrogens (tertiary/aromatic N) is 2. The van der Waals surface area contributed by atoms with E-state index in [4.69, 9.17) is 4.74 Å². The van der Waals surface area contributed by atoms with Gasteiger partial charge >= 0.3 is 6.03 Å². The number of carbonyl (C=O) groups excluding carboxylic acids is 1. The Hall–Kier alpha value is -1.73. The van der Waals surface area contributed by atoms with Crippen LogP contribution in [0.15, 0.2) is 30.3 Å². The van der Waals surface area contributed by atoms with Crippen molar-refractivity contribution in [3.05, 3.63) is 35.9 Å². The summed E-state index contributed by atoms with van der Waals surface area (Å²) in [6.07, 6.45) is 3.14. The van der Waals surface area contributed by atoms with Gasteiger partial charge < -0.3 is 15.0 Å². The summed E-state index contributed by atoms with van der Waals surface area (Å²) in [4.78, 5) is 17.2. The summed E-state index contributed by atoms with van der Waals surface area (Å²) >= 11 is 0. The maximum atomic E-state index is 15.0. The van der Waals surface area contributed by atoms with E-state index in [-0.39, 0.29) is 18.6 Å². The number of amides is 2. The summed E-state index contributed by atoms with van der Waals surface area (Å²) < 4.78 is 36.2. The van der Waals surface area contributed by atoms with Crippen LogP contribution in [0.5, 0.6) is 0 Å². The summed E-state index contributed by atoms with van der Waals surface area (Å²) in [6.45, 7) is 7.33. The lowest BCUT2D eigenvalue weighted by Crippen LogP contribution is -2.60. The highest BCUT2D eigenvalue weighted by Crippen LogP contribution is 2.46. The Labute approximate surface area is 202 Å². The third-order valence-electron chi connectivity index (χ3n) is 8.69. The van der Waals surface area contributed by atoms with Crippen molar-refractivity contribution in [1.82, 2.24) is 15.1 Å². The van der Waals surface area contributed by atoms with Crippen molar-refractivity contribution in [3.63, 3.8) is 0 Å². The molecule has 0 aromatic heterocycles. The minimum atomic E-state index is -2.94. The Bertz CT molecular complexity index is 838. The van der Waals surface area contributed by atoms with Crippen LogP contribution in [-0.2, 0) is 4.74 Å². The Kier molecular flexibility index (Phi) is 6.86. The van der Waals surface area contributed by atoms with Crippen LogP contribution in [0.4, 0.5) is 13.6 Å². The first-order valence-corrected chi connectivity index (χ1v) is 13.2. The SMILES string of the molecule is CC(C)N1CC[C@H](O[C@H]2CCCC(F)(F)[C@@H]2NC(=O)N2C[C@H]3C[C@@H](c4ccccc4)C[C@H]3C2)C1. The van der Waals surface area contributed by atoms with Gasteiger partial charge in [-0.1, -0.05) is 30.3 Å². The summed E-state index contributed by atoms with van der Waals surface area (Å²) in [5, 5.41) is 2.74. The van der Waals surface area contributed by atoms with Crippen molar-refractivity contribution >= 4 is 6.03 Å². The second kappa shape index (κ2) is 9.73. The molecule has 2 aliphatic heterocycles. The molecule has 1 aromatic carbocycles. The van der Waals surface area contributed by atoms with Gasteiger partial charge in [0.15, 0.2) is 0 Å². The first kappa shape index (κ1) is 24.0. The average molecular weight is 476 g/mol. The molecule has 5 nitrogen and oxygen atoms in total. The third-order valence-corrected chi connectivity index (χ3v) is 8.69. The highest BCUT2D eigenvalue weighted by Gasteiger charge is 2.51.